The van der Waals surface area contributed by atoms with Crippen LogP contribution in [0.25, 0.3) is 0 Å². The highest BCUT2D eigenvalue weighted by atomic mass is 19.1. The van der Waals surface area contributed by atoms with E-state index >= 15 is 0 Å². The zero-order chi connectivity index (χ0) is 16.1. The van der Waals surface area contributed by atoms with Gasteiger partial charge in [-0.3, -0.25) is 4.90 Å². The van der Waals surface area contributed by atoms with E-state index in [0.29, 0.717) is 6.10 Å². The van der Waals surface area contributed by atoms with Crippen molar-refractivity contribution in [3.05, 3.63) is 35.6 Å². The number of halogens is 1. The van der Waals surface area contributed by atoms with Crippen LogP contribution < -0.4 is 0 Å². The van der Waals surface area contributed by atoms with E-state index in [1.807, 2.05) is 12.1 Å². The highest BCUT2D eigenvalue weighted by Gasteiger charge is 2.23. The lowest BCUT2D eigenvalue weighted by atomic mass is 9.95. The Labute approximate surface area is 139 Å². The van der Waals surface area contributed by atoms with Crippen LogP contribution in [0.4, 0.5) is 4.39 Å². The van der Waals surface area contributed by atoms with Crippen molar-refractivity contribution < 1.29 is 9.13 Å². The summed E-state index contributed by atoms with van der Waals surface area (Å²) in [6.45, 7) is 6.06. The first kappa shape index (κ1) is 16.9. The molecule has 3 nitrogen and oxygen atoms in total. The number of hydrogen-bond donors (Lipinski definition) is 0. The summed E-state index contributed by atoms with van der Waals surface area (Å²) in [7, 11) is 2.22. The molecular weight excluding hydrogens is 291 g/mol. The molecule has 0 radical (unpaired) electrons. The van der Waals surface area contributed by atoms with E-state index in [4.69, 9.17) is 4.74 Å². The summed E-state index contributed by atoms with van der Waals surface area (Å²) < 4.78 is 19.5. The largest absolute Gasteiger partial charge is 0.377 e. The van der Waals surface area contributed by atoms with E-state index in [1.165, 1.54) is 25.7 Å². The van der Waals surface area contributed by atoms with E-state index in [0.717, 1.165) is 50.8 Å². The fourth-order valence-electron chi connectivity index (χ4n) is 3.85. The van der Waals surface area contributed by atoms with Crippen LogP contribution in [0.2, 0.25) is 0 Å². The molecule has 1 atom stereocenters. The van der Waals surface area contributed by atoms with Crippen LogP contribution >= 0.6 is 0 Å². The van der Waals surface area contributed by atoms with Gasteiger partial charge in [0.15, 0.2) is 0 Å². The van der Waals surface area contributed by atoms with Gasteiger partial charge in [0.05, 0.1) is 6.10 Å². The molecule has 1 unspecified atom stereocenters. The molecule has 4 heteroatoms. The summed E-state index contributed by atoms with van der Waals surface area (Å²) in [6.07, 6.45) is 5.30. The van der Waals surface area contributed by atoms with Gasteiger partial charge >= 0.3 is 0 Å². The summed E-state index contributed by atoms with van der Waals surface area (Å²) >= 11 is 0. The Bertz CT molecular complexity index is 482. The predicted molar refractivity (Wildman–Crippen MR) is 90.9 cm³/mol. The van der Waals surface area contributed by atoms with Gasteiger partial charge in [0.2, 0.25) is 0 Å². The minimum absolute atomic E-state index is 0.0779. The molecule has 0 aromatic heterocycles. The number of piperidine rings is 1. The first-order valence-electron chi connectivity index (χ1n) is 8.96. The number of benzene rings is 1. The zero-order valence-corrected chi connectivity index (χ0v) is 14.2. The van der Waals surface area contributed by atoms with Crippen molar-refractivity contribution in [2.75, 3.05) is 39.8 Å². The number of likely N-dealkylation sites (tertiary alicyclic amines) is 1. The lowest BCUT2D eigenvalue weighted by Gasteiger charge is -2.34. The zero-order valence-electron chi connectivity index (χ0n) is 14.2. The average Bonchev–Trinajstić information content (AvgIpc) is 3.04. The SMILES string of the molecule is CN(CC1CCN(Cc2ccccc2F)CC1)CC1CCCO1. The van der Waals surface area contributed by atoms with Crippen LogP contribution in [0.3, 0.4) is 0 Å². The van der Waals surface area contributed by atoms with Gasteiger partial charge in [-0.05, 0) is 57.8 Å². The first-order chi connectivity index (χ1) is 11.2. The topological polar surface area (TPSA) is 15.7 Å². The molecule has 3 rings (SSSR count). The normalized spacial score (nSPS) is 23.7. The van der Waals surface area contributed by atoms with E-state index in [1.54, 1.807) is 12.1 Å². The monoisotopic (exact) mass is 320 g/mol. The second-order valence-corrected chi connectivity index (χ2v) is 7.17. The third-order valence-corrected chi connectivity index (χ3v) is 5.17. The Balaban J connectivity index is 1.39. The maximum atomic E-state index is 13.7. The van der Waals surface area contributed by atoms with E-state index in [9.17, 15) is 4.39 Å². The maximum Gasteiger partial charge on any atom is 0.127 e. The van der Waals surface area contributed by atoms with Crippen LogP contribution in [0.5, 0.6) is 0 Å². The second kappa shape index (κ2) is 8.22. The predicted octanol–water partition coefficient (Wildman–Crippen LogP) is 3.15. The van der Waals surface area contributed by atoms with Crippen LogP contribution in [-0.2, 0) is 11.3 Å². The quantitative estimate of drug-likeness (QED) is 0.801. The van der Waals surface area contributed by atoms with Crippen molar-refractivity contribution in [1.82, 2.24) is 9.80 Å². The van der Waals surface area contributed by atoms with E-state index in [-0.39, 0.29) is 5.82 Å². The molecule has 128 valence electrons. The summed E-state index contributed by atoms with van der Waals surface area (Å²) in [4.78, 5) is 4.82. The molecule has 0 aliphatic carbocycles. The summed E-state index contributed by atoms with van der Waals surface area (Å²) in [6, 6.07) is 7.14. The Morgan fingerprint density at radius 2 is 1.96 bits per heavy atom. The van der Waals surface area contributed by atoms with Crippen molar-refractivity contribution in [2.45, 2.75) is 38.3 Å². The van der Waals surface area contributed by atoms with Crippen molar-refractivity contribution in [1.29, 1.82) is 0 Å². The first-order valence-corrected chi connectivity index (χ1v) is 8.96. The molecular formula is C19H29FN2O. The fraction of sp³-hybridized carbons (Fsp3) is 0.684. The second-order valence-electron chi connectivity index (χ2n) is 7.17. The molecule has 2 fully saturated rings. The third-order valence-electron chi connectivity index (χ3n) is 5.17. The van der Waals surface area contributed by atoms with Gasteiger partial charge in [-0.25, -0.2) is 4.39 Å². The maximum absolute atomic E-state index is 13.7. The standard InChI is InChI=1S/C19H29FN2O/c1-21(15-18-6-4-12-23-18)13-16-8-10-22(11-9-16)14-17-5-2-3-7-19(17)20/h2-3,5,7,16,18H,4,6,8-15H2,1H3. The van der Waals surface area contributed by atoms with Gasteiger partial charge in [0.25, 0.3) is 0 Å². The highest BCUT2D eigenvalue weighted by molar-refractivity contribution is 5.17. The molecule has 23 heavy (non-hydrogen) atoms. The molecule has 0 bridgehead atoms. The van der Waals surface area contributed by atoms with Crippen LogP contribution in [0.1, 0.15) is 31.2 Å². The Morgan fingerprint density at radius 3 is 2.65 bits per heavy atom. The van der Waals surface area contributed by atoms with E-state index < -0.39 is 0 Å². The van der Waals surface area contributed by atoms with Crippen molar-refractivity contribution >= 4 is 0 Å². The van der Waals surface area contributed by atoms with Crippen LogP contribution in [0.15, 0.2) is 24.3 Å². The van der Waals surface area contributed by atoms with Crippen LogP contribution in [-0.4, -0.2) is 55.7 Å². The molecule has 0 saturated carbocycles. The van der Waals surface area contributed by atoms with Gasteiger partial charge in [0, 0.05) is 31.8 Å². The molecule has 0 amide bonds. The number of ether oxygens (including phenoxy) is 1. The van der Waals surface area contributed by atoms with Crippen LogP contribution in [0, 0.1) is 11.7 Å². The number of hydrogen-bond acceptors (Lipinski definition) is 3. The highest BCUT2D eigenvalue weighted by Crippen LogP contribution is 2.21. The number of rotatable bonds is 6. The van der Waals surface area contributed by atoms with Gasteiger partial charge in [0.1, 0.15) is 5.82 Å². The number of likely N-dealkylation sites (N-methyl/N-ethyl adjacent to an activating group) is 1. The molecule has 2 aliphatic heterocycles. The molecule has 0 spiro atoms. The summed E-state index contributed by atoms with van der Waals surface area (Å²) in [5.74, 6) is 0.684. The third kappa shape index (κ3) is 5.00. The Morgan fingerprint density at radius 1 is 1.17 bits per heavy atom. The summed E-state index contributed by atoms with van der Waals surface area (Å²) in [5.41, 5.74) is 0.821. The molecule has 2 heterocycles. The van der Waals surface area contributed by atoms with Crippen molar-refractivity contribution in [3.8, 4) is 0 Å². The lowest BCUT2D eigenvalue weighted by Crippen LogP contribution is -2.39. The van der Waals surface area contributed by atoms with Crippen molar-refractivity contribution in [3.63, 3.8) is 0 Å². The van der Waals surface area contributed by atoms with Gasteiger partial charge in [-0.1, -0.05) is 18.2 Å². The van der Waals surface area contributed by atoms with E-state index in [2.05, 4.69) is 16.8 Å². The Kier molecular flexibility index (Phi) is 6.03. The molecule has 0 N–H and O–H groups in total. The lowest BCUT2D eigenvalue weighted by molar-refractivity contribution is 0.0698. The smallest absolute Gasteiger partial charge is 0.127 e. The average molecular weight is 320 g/mol. The van der Waals surface area contributed by atoms with Gasteiger partial charge in [-0.2, -0.15) is 0 Å². The van der Waals surface area contributed by atoms with Gasteiger partial charge < -0.3 is 9.64 Å². The number of nitrogens with zero attached hydrogens (tertiary/aromatic N) is 2. The summed E-state index contributed by atoms with van der Waals surface area (Å²) in [5, 5.41) is 0. The molecule has 2 saturated heterocycles. The van der Waals surface area contributed by atoms with Crippen molar-refractivity contribution in [2.24, 2.45) is 5.92 Å². The fourth-order valence-corrected chi connectivity index (χ4v) is 3.85. The molecule has 2 aliphatic rings. The minimum Gasteiger partial charge on any atom is -0.377 e. The minimum atomic E-state index is -0.0779. The Hall–Kier alpha value is -0.970. The van der Waals surface area contributed by atoms with Gasteiger partial charge in [-0.15, -0.1) is 0 Å². The molecule has 1 aromatic rings. The molecule has 1 aromatic carbocycles.